The zero-order valence-corrected chi connectivity index (χ0v) is 16.2. The topological polar surface area (TPSA) is 30.7 Å². The van der Waals surface area contributed by atoms with E-state index >= 15 is 0 Å². The number of aromatic nitrogens is 3. The molecule has 28 heavy (non-hydrogen) atoms. The third-order valence-corrected chi connectivity index (χ3v) is 5.43. The lowest BCUT2D eigenvalue weighted by Gasteiger charge is -2.15. The molecule has 3 nitrogen and oxygen atoms in total. The van der Waals surface area contributed by atoms with Gasteiger partial charge in [-0.3, -0.25) is 9.55 Å². The van der Waals surface area contributed by atoms with Gasteiger partial charge in [0.25, 0.3) is 0 Å². The summed E-state index contributed by atoms with van der Waals surface area (Å²) < 4.78 is 2.22. The minimum absolute atomic E-state index is 0.749. The SMILES string of the molecule is CCc1nc2ccccc2n1-c1cccnc1-c1ccc(Cl)c2ccccc12. The first kappa shape index (κ1) is 17.0. The predicted octanol–water partition coefficient (Wildman–Crippen LogP) is 6.46. The molecule has 0 spiro atoms. The molecule has 0 bridgehead atoms. The lowest BCUT2D eigenvalue weighted by molar-refractivity contribution is 0.905. The van der Waals surface area contributed by atoms with E-state index in [1.165, 1.54) is 0 Å². The first-order valence-corrected chi connectivity index (χ1v) is 9.75. The molecule has 0 aliphatic carbocycles. The Balaban J connectivity index is 1.85. The van der Waals surface area contributed by atoms with Crippen molar-refractivity contribution in [3.63, 3.8) is 0 Å². The molecule has 5 aromatic rings. The van der Waals surface area contributed by atoms with E-state index in [0.29, 0.717) is 0 Å². The molecule has 0 saturated heterocycles. The molecule has 2 aromatic heterocycles. The molecule has 0 amide bonds. The van der Waals surface area contributed by atoms with Gasteiger partial charge >= 0.3 is 0 Å². The van der Waals surface area contributed by atoms with Crippen molar-refractivity contribution >= 4 is 33.4 Å². The first-order chi connectivity index (χ1) is 13.8. The van der Waals surface area contributed by atoms with Crippen LogP contribution in [0.1, 0.15) is 12.7 Å². The van der Waals surface area contributed by atoms with Crippen molar-refractivity contribution in [3.05, 3.63) is 89.8 Å². The second kappa shape index (κ2) is 6.77. The maximum absolute atomic E-state index is 6.45. The first-order valence-electron chi connectivity index (χ1n) is 9.37. The summed E-state index contributed by atoms with van der Waals surface area (Å²) in [5.74, 6) is 1.02. The van der Waals surface area contributed by atoms with Crippen LogP contribution in [0.3, 0.4) is 0 Å². The van der Waals surface area contributed by atoms with Crippen molar-refractivity contribution in [1.29, 1.82) is 0 Å². The third-order valence-electron chi connectivity index (χ3n) is 5.10. The van der Waals surface area contributed by atoms with E-state index < -0.39 is 0 Å². The zero-order chi connectivity index (χ0) is 19.1. The Hall–Kier alpha value is -3.17. The smallest absolute Gasteiger partial charge is 0.114 e. The highest BCUT2D eigenvalue weighted by molar-refractivity contribution is 6.36. The molecule has 5 rings (SSSR count). The minimum Gasteiger partial charge on any atom is -0.294 e. The van der Waals surface area contributed by atoms with Crippen LogP contribution in [0, 0.1) is 0 Å². The van der Waals surface area contributed by atoms with Crippen LogP contribution < -0.4 is 0 Å². The van der Waals surface area contributed by atoms with E-state index in [-0.39, 0.29) is 0 Å². The highest BCUT2D eigenvalue weighted by atomic mass is 35.5. The summed E-state index contributed by atoms with van der Waals surface area (Å²) in [5, 5.41) is 2.88. The fraction of sp³-hybridized carbons (Fsp3) is 0.0833. The van der Waals surface area contributed by atoms with Crippen LogP contribution in [0.2, 0.25) is 5.02 Å². The molecule has 0 radical (unpaired) electrons. The molecule has 0 N–H and O–H groups in total. The largest absolute Gasteiger partial charge is 0.294 e. The average Bonchev–Trinajstić information content (AvgIpc) is 3.13. The lowest BCUT2D eigenvalue weighted by Crippen LogP contribution is -2.03. The summed E-state index contributed by atoms with van der Waals surface area (Å²) in [6.07, 6.45) is 2.68. The maximum atomic E-state index is 6.45. The standard InChI is InChI=1S/C24H18ClN3/c1-2-23-27-20-10-5-6-11-21(20)28(23)22-12-7-15-26-24(22)18-13-14-19(25)17-9-4-3-8-16(17)18/h3-15H,2H2,1H3. The van der Waals surface area contributed by atoms with Crippen LogP contribution in [-0.4, -0.2) is 14.5 Å². The van der Waals surface area contributed by atoms with Gasteiger partial charge in [0.05, 0.1) is 22.4 Å². The molecule has 136 valence electrons. The van der Waals surface area contributed by atoms with Crippen LogP contribution >= 0.6 is 11.6 Å². The Morgan fingerprint density at radius 3 is 2.50 bits per heavy atom. The summed E-state index contributed by atoms with van der Waals surface area (Å²) in [7, 11) is 0. The van der Waals surface area contributed by atoms with Gasteiger partial charge in [-0.05, 0) is 35.7 Å². The molecule has 0 saturated carbocycles. The Kier molecular flexibility index (Phi) is 4.10. The summed E-state index contributed by atoms with van der Waals surface area (Å²) >= 11 is 6.45. The van der Waals surface area contributed by atoms with Crippen LogP contribution in [0.4, 0.5) is 0 Å². The van der Waals surface area contributed by atoms with E-state index in [1.807, 2.05) is 48.7 Å². The van der Waals surface area contributed by atoms with Crippen molar-refractivity contribution < 1.29 is 0 Å². The van der Waals surface area contributed by atoms with Gasteiger partial charge in [-0.25, -0.2) is 4.98 Å². The monoisotopic (exact) mass is 383 g/mol. The number of hydrogen-bond donors (Lipinski definition) is 0. The average molecular weight is 384 g/mol. The number of para-hydroxylation sites is 2. The highest BCUT2D eigenvalue weighted by Crippen LogP contribution is 2.36. The van der Waals surface area contributed by atoms with Crippen molar-refractivity contribution in [2.75, 3.05) is 0 Å². The number of nitrogens with zero attached hydrogens (tertiary/aromatic N) is 3. The molecule has 0 unspecified atom stereocenters. The summed E-state index contributed by atoms with van der Waals surface area (Å²) in [6.45, 7) is 2.13. The molecule has 0 atom stereocenters. The number of hydrogen-bond acceptors (Lipinski definition) is 2. The summed E-state index contributed by atoms with van der Waals surface area (Å²) in [5.41, 5.74) is 5.10. The van der Waals surface area contributed by atoms with Crippen molar-refractivity contribution in [1.82, 2.24) is 14.5 Å². The second-order valence-electron chi connectivity index (χ2n) is 6.72. The van der Waals surface area contributed by atoms with Crippen molar-refractivity contribution in [3.8, 4) is 16.9 Å². The molecule has 2 heterocycles. The van der Waals surface area contributed by atoms with E-state index in [2.05, 4.69) is 41.8 Å². The quantitative estimate of drug-likeness (QED) is 0.358. The normalized spacial score (nSPS) is 11.4. The lowest BCUT2D eigenvalue weighted by atomic mass is 10.0. The fourth-order valence-corrected chi connectivity index (χ4v) is 4.06. The second-order valence-corrected chi connectivity index (χ2v) is 7.12. The van der Waals surface area contributed by atoms with Gasteiger partial charge in [0.15, 0.2) is 0 Å². The number of rotatable bonds is 3. The molecular formula is C24H18ClN3. The molecule has 3 aromatic carbocycles. The van der Waals surface area contributed by atoms with E-state index in [1.54, 1.807) is 0 Å². The maximum Gasteiger partial charge on any atom is 0.114 e. The molecule has 0 aliphatic rings. The number of pyridine rings is 1. The van der Waals surface area contributed by atoms with E-state index in [9.17, 15) is 0 Å². The molecule has 0 fully saturated rings. The van der Waals surface area contributed by atoms with Gasteiger partial charge in [0.1, 0.15) is 5.82 Å². The van der Waals surface area contributed by atoms with Crippen LogP contribution in [0.5, 0.6) is 0 Å². The number of halogens is 1. The Bertz CT molecular complexity index is 1320. The van der Waals surface area contributed by atoms with Gasteiger partial charge in [-0.2, -0.15) is 0 Å². The third kappa shape index (κ3) is 2.59. The number of aryl methyl sites for hydroxylation is 1. The Morgan fingerprint density at radius 1 is 0.857 bits per heavy atom. The number of fused-ring (bicyclic) bond motifs is 2. The molecule has 0 aliphatic heterocycles. The van der Waals surface area contributed by atoms with E-state index in [0.717, 1.165) is 56.0 Å². The predicted molar refractivity (Wildman–Crippen MR) is 116 cm³/mol. The highest BCUT2D eigenvalue weighted by Gasteiger charge is 2.17. The van der Waals surface area contributed by atoms with Gasteiger partial charge < -0.3 is 0 Å². The summed E-state index contributed by atoms with van der Waals surface area (Å²) in [6, 6.07) is 24.5. The molecule has 4 heteroatoms. The Morgan fingerprint density at radius 2 is 1.64 bits per heavy atom. The zero-order valence-electron chi connectivity index (χ0n) is 15.4. The van der Waals surface area contributed by atoms with Crippen LogP contribution in [-0.2, 0) is 6.42 Å². The van der Waals surface area contributed by atoms with Crippen LogP contribution in [0.15, 0.2) is 79.0 Å². The van der Waals surface area contributed by atoms with Gasteiger partial charge in [0.2, 0.25) is 0 Å². The number of imidazole rings is 1. The van der Waals surface area contributed by atoms with Crippen molar-refractivity contribution in [2.45, 2.75) is 13.3 Å². The Labute approximate surface area is 168 Å². The van der Waals surface area contributed by atoms with Gasteiger partial charge in [-0.1, -0.05) is 61.0 Å². The minimum atomic E-state index is 0.749. The van der Waals surface area contributed by atoms with Crippen LogP contribution in [0.25, 0.3) is 38.8 Å². The fourth-order valence-electron chi connectivity index (χ4n) is 3.84. The van der Waals surface area contributed by atoms with Crippen molar-refractivity contribution in [2.24, 2.45) is 0 Å². The number of benzene rings is 3. The van der Waals surface area contributed by atoms with Gasteiger partial charge in [0, 0.05) is 28.6 Å². The van der Waals surface area contributed by atoms with Gasteiger partial charge in [-0.15, -0.1) is 0 Å². The molecular weight excluding hydrogens is 366 g/mol. The van der Waals surface area contributed by atoms with E-state index in [4.69, 9.17) is 21.6 Å². The summed E-state index contributed by atoms with van der Waals surface area (Å²) in [4.78, 5) is 9.61.